The summed E-state index contributed by atoms with van der Waals surface area (Å²) in [6, 6.07) is 12.8. The third-order valence-electron chi connectivity index (χ3n) is 4.51. The van der Waals surface area contributed by atoms with Crippen molar-refractivity contribution in [2.45, 2.75) is 31.5 Å². The van der Waals surface area contributed by atoms with E-state index in [1.54, 1.807) is 42.5 Å². The Morgan fingerprint density at radius 1 is 1.06 bits per heavy atom. The Balaban J connectivity index is 1.45. The van der Waals surface area contributed by atoms with Gasteiger partial charge in [-0.3, -0.25) is 0 Å². The van der Waals surface area contributed by atoms with Crippen molar-refractivity contribution in [3.8, 4) is 11.5 Å². The second-order valence-electron chi connectivity index (χ2n) is 7.33. The summed E-state index contributed by atoms with van der Waals surface area (Å²) in [7, 11) is 0. The summed E-state index contributed by atoms with van der Waals surface area (Å²) in [5, 5.41) is 0. The summed E-state index contributed by atoms with van der Waals surface area (Å²) in [6.45, 7) is 0.982. The first-order valence-electron chi connectivity index (χ1n) is 10.4. The fraction of sp³-hybridized carbons (Fsp3) is 0.333. The molecule has 1 heterocycles. The number of hydrogen-bond donors (Lipinski definition) is 0. The lowest BCUT2D eigenvalue weighted by molar-refractivity contribution is -0.138. The molecule has 1 aliphatic rings. The van der Waals surface area contributed by atoms with Gasteiger partial charge in [-0.2, -0.15) is 13.2 Å². The highest BCUT2D eigenvalue weighted by atomic mass is 19.4. The Morgan fingerprint density at radius 3 is 2.52 bits per heavy atom. The SMILES string of the molecule is O=C(C=Cc1cccc(OC(=O)c2ccc(OCCCCC(F)(F)F)cc2)c1)OCC1CO1. The number of benzene rings is 2. The third kappa shape index (κ3) is 9.36. The van der Waals surface area contributed by atoms with Crippen LogP contribution in [0.15, 0.2) is 54.6 Å². The van der Waals surface area contributed by atoms with Gasteiger partial charge in [0.15, 0.2) is 0 Å². The van der Waals surface area contributed by atoms with Crippen LogP contribution in [0.3, 0.4) is 0 Å². The minimum absolute atomic E-state index is 0.00122. The molecule has 1 unspecified atom stereocenters. The molecule has 0 N–H and O–H groups in total. The van der Waals surface area contributed by atoms with Crippen LogP contribution in [0.5, 0.6) is 11.5 Å². The van der Waals surface area contributed by atoms with E-state index in [2.05, 4.69) is 0 Å². The van der Waals surface area contributed by atoms with Crippen molar-refractivity contribution in [1.29, 1.82) is 0 Å². The first-order chi connectivity index (χ1) is 15.8. The van der Waals surface area contributed by atoms with Gasteiger partial charge in [0.25, 0.3) is 0 Å². The van der Waals surface area contributed by atoms with Crippen molar-refractivity contribution in [2.24, 2.45) is 0 Å². The number of epoxide rings is 1. The standard InChI is InChI=1S/C24H23F3O6/c25-24(26,27)12-1-2-13-30-19-9-7-18(8-10-19)23(29)33-20-5-3-4-17(14-20)6-11-22(28)32-16-21-15-31-21/h3-11,14,21H,1-2,12-13,15-16H2. The summed E-state index contributed by atoms with van der Waals surface area (Å²) in [5.41, 5.74) is 0.931. The maximum Gasteiger partial charge on any atom is 0.389 e. The molecular formula is C24H23F3O6. The summed E-state index contributed by atoms with van der Waals surface area (Å²) in [4.78, 5) is 24.0. The number of esters is 2. The molecule has 176 valence electrons. The topological polar surface area (TPSA) is 74.4 Å². The number of unbranched alkanes of at least 4 members (excludes halogenated alkanes) is 1. The lowest BCUT2D eigenvalue weighted by atomic mass is 10.2. The number of rotatable bonds is 11. The van der Waals surface area contributed by atoms with Gasteiger partial charge in [-0.25, -0.2) is 9.59 Å². The van der Waals surface area contributed by atoms with Crippen molar-refractivity contribution >= 4 is 18.0 Å². The van der Waals surface area contributed by atoms with Crippen LogP contribution in [0.25, 0.3) is 6.08 Å². The van der Waals surface area contributed by atoms with E-state index in [0.29, 0.717) is 23.7 Å². The molecule has 0 aromatic heterocycles. The van der Waals surface area contributed by atoms with E-state index in [1.807, 2.05) is 0 Å². The van der Waals surface area contributed by atoms with E-state index in [9.17, 15) is 22.8 Å². The fourth-order valence-corrected chi connectivity index (χ4v) is 2.70. The van der Waals surface area contributed by atoms with Gasteiger partial charge in [0.05, 0.1) is 18.8 Å². The summed E-state index contributed by atoms with van der Waals surface area (Å²) in [6.07, 6.45) is -1.89. The highest BCUT2D eigenvalue weighted by Crippen LogP contribution is 2.22. The number of carbonyl (C=O) groups is 2. The molecule has 1 fully saturated rings. The van der Waals surface area contributed by atoms with Crippen LogP contribution >= 0.6 is 0 Å². The highest BCUT2D eigenvalue weighted by Gasteiger charge is 2.26. The minimum atomic E-state index is -4.16. The van der Waals surface area contributed by atoms with Crippen LogP contribution in [0.4, 0.5) is 13.2 Å². The quantitative estimate of drug-likeness (QED) is 0.154. The normalized spacial score (nSPS) is 15.3. The molecule has 0 spiro atoms. The molecule has 1 saturated heterocycles. The van der Waals surface area contributed by atoms with Crippen molar-refractivity contribution in [3.63, 3.8) is 0 Å². The molecule has 0 aliphatic carbocycles. The second-order valence-corrected chi connectivity index (χ2v) is 7.33. The fourth-order valence-electron chi connectivity index (χ4n) is 2.70. The van der Waals surface area contributed by atoms with E-state index < -0.39 is 24.5 Å². The average molecular weight is 464 g/mol. The molecule has 2 aromatic rings. The largest absolute Gasteiger partial charge is 0.494 e. The summed E-state index contributed by atoms with van der Waals surface area (Å²) in [5.74, 6) is -0.329. The van der Waals surface area contributed by atoms with Crippen LogP contribution in [-0.4, -0.2) is 44.0 Å². The van der Waals surface area contributed by atoms with Crippen molar-refractivity contribution in [2.75, 3.05) is 19.8 Å². The van der Waals surface area contributed by atoms with Gasteiger partial charge in [0.2, 0.25) is 0 Å². The molecule has 3 rings (SSSR count). The number of alkyl halides is 3. The lowest BCUT2D eigenvalue weighted by Gasteiger charge is -2.09. The Hall–Kier alpha value is -3.33. The van der Waals surface area contributed by atoms with E-state index in [1.165, 1.54) is 18.2 Å². The van der Waals surface area contributed by atoms with Crippen molar-refractivity contribution < 1.29 is 41.7 Å². The number of carbonyl (C=O) groups excluding carboxylic acids is 2. The van der Waals surface area contributed by atoms with E-state index in [4.69, 9.17) is 18.9 Å². The zero-order valence-electron chi connectivity index (χ0n) is 17.7. The summed E-state index contributed by atoms with van der Waals surface area (Å²) < 4.78 is 57.1. The molecule has 0 amide bonds. The Morgan fingerprint density at radius 2 is 1.82 bits per heavy atom. The minimum Gasteiger partial charge on any atom is -0.494 e. The van der Waals surface area contributed by atoms with Gasteiger partial charge in [0, 0.05) is 12.5 Å². The smallest absolute Gasteiger partial charge is 0.389 e. The predicted octanol–water partition coefficient (Wildman–Crippen LogP) is 4.97. The van der Waals surface area contributed by atoms with Crippen molar-refractivity contribution in [1.82, 2.24) is 0 Å². The van der Waals surface area contributed by atoms with Crippen LogP contribution in [0.1, 0.15) is 35.2 Å². The third-order valence-corrected chi connectivity index (χ3v) is 4.51. The first-order valence-corrected chi connectivity index (χ1v) is 10.4. The monoisotopic (exact) mass is 464 g/mol. The van der Waals surface area contributed by atoms with Crippen LogP contribution < -0.4 is 9.47 Å². The van der Waals surface area contributed by atoms with Crippen LogP contribution in [-0.2, 0) is 14.3 Å². The summed E-state index contributed by atoms with van der Waals surface area (Å²) >= 11 is 0. The Kier molecular flexibility index (Phi) is 8.48. The zero-order chi connectivity index (χ0) is 23.7. The zero-order valence-corrected chi connectivity index (χ0v) is 17.7. The van der Waals surface area contributed by atoms with Gasteiger partial charge in [-0.1, -0.05) is 12.1 Å². The maximum absolute atomic E-state index is 12.4. The molecular weight excluding hydrogens is 441 g/mol. The Labute approximate surface area is 188 Å². The molecule has 0 radical (unpaired) electrons. The van der Waals surface area contributed by atoms with Gasteiger partial charge in [0.1, 0.15) is 24.2 Å². The second kappa shape index (κ2) is 11.5. The Bertz CT molecular complexity index is 965. The lowest BCUT2D eigenvalue weighted by Crippen LogP contribution is -2.09. The molecule has 9 heteroatoms. The molecule has 0 saturated carbocycles. The number of hydrogen-bond acceptors (Lipinski definition) is 6. The number of halogens is 3. The first kappa shape index (κ1) is 24.3. The molecule has 6 nitrogen and oxygen atoms in total. The van der Waals surface area contributed by atoms with E-state index >= 15 is 0 Å². The molecule has 2 aromatic carbocycles. The maximum atomic E-state index is 12.4. The van der Waals surface area contributed by atoms with Gasteiger partial charge >= 0.3 is 18.1 Å². The van der Waals surface area contributed by atoms with E-state index in [-0.39, 0.29) is 37.7 Å². The van der Waals surface area contributed by atoms with Gasteiger partial charge in [-0.15, -0.1) is 0 Å². The number of ether oxygens (including phenoxy) is 4. The van der Waals surface area contributed by atoms with Gasteiger partial charge < -0.3 is 18.9 Å². The van der Waals surface area contributed by atoms with Gasteiger partial charge in [-0.05, 0) is 60.9 Å². The molecule has 1 atom stereocenters. The van der Waals surface area contributed by atoms with E-state index in [0.717, 1.165) is 0 Å². The predicted molar refractivity (Wildman–Crippen MR) is 113 cm³/mol. The van der Waals surface area contributed by atoms with Crippen LogP contribution in [0, 0.1) is 0 Å². The van der Waals surface area contributed by atoms with Crippen LogP contribution in [0.2, 0.25) is 0 Å². The molecule has 33 heavy (non-hydrogen) atoms. The molecule has 0 bridgehead atoms. The molecule has 1 aliphatic heterocycles. The van der Waals surface area contributed by atoms with Crippen molar-refractivity contribution in [3.05, 3.63) is 65.7 Å². The average Bonchev–Trinajstić information content (AvgIpc) is 3.60. The highest BCUT2D eigenvalue weighted by molar-refractivity contribution is 5.91.